The van der Waals surface area contributed by atoms with Gasteiger partial charge in [-0.1, -0.05) is 104 Å². The van der Waals surface area contributed by atoms with Gasteiger partial charge in [-0.05, 0) is 68.2 Å². The van der Waals surface area contributed by atoms with Gasteiger partial charge in [-0.2, -0.15) is 0 Å². The second-order valence-electron chi connectivity index (χ2n) is 15.5. The molecule has 6 rings (SSSR count). The Balaban J connectivity index is 0.000000289. The van der Waals surface area contributed by atoms with Crippen LogP contribution in [-0.4, -0.2) is 15.9 Å². The van der Waals surface area contributed by atoms with Crippen molar-refractivity contribution in [3.8, 4) is 22.6 Å². The van der Waals surface area contributed by atoms with E-state index in [1.54, 1.807) is 6.26 Å². The summed E-state index contributed by atoms with van der Waals surface area (Å²) in [6, 6.07) is 22.4. The zero-order chi connectivity index (χ0) is 37.3. The zero-order valence-corrected chi connectivity index (χ0v) is 35.1. The number of aliphatic hydroxyl groups excluding tert-OH is 1. The van der Waals surface area contributed by atoms with Gasteiger partial charge in [0.2, 0.25) is 0 Å². The predicted octanol–water partition coefficient (Wildman–Crippen LogP) is 13.4. The number of hydrogen-bond acceptors (Lipinski definition) is 5. The van der Waals surface area contributed by atoms with Crippen molar-refractivity contribution in [3.63, 3.8) is 0 Å². The van der Waals surface area contributed by atoms with Gasteiger partial charge in [0.15, 0.2) is 5.78 Å². The quantitative estimate of drug-likeness (QED) is 0.0889. The molecule has 0 saturated carbocycles. The second kappa shape index (κ2) is 15.9. The fourth-order valence-electron chi connectivity index (χ4n) is 6.75. The Morgan fingerprint density at radius 3 is 2.13 bits per heavy atom. The molecule has 1 N–H and O–H groups in total. The smallest absolute Gasteiger partial charge is 0.164 e. The molecular formula is C46H54IrNO4-. The van der Waals surface area contributed by atoms with Gasteiger partial charge < -0.3 is 13.9 Å². The summed E-state index contributed by atoms with van der Waals surface area (Å²) in [7, 11) is 0. The molecule has 0 spiro atoms. The molecule has 277 valence electrons. The number of carbonyl (C=O) groups excluding carboxylic acids is 1. The fourth-order valence-corrected chi connectivity index (χ4v) is 6.75. The first-order chi connectivity index (χ1) is 24.1. The summed E-state index contributed by atoms with van der Waals surface area (Å²) in [6.45, 7) is 23.0. The van der Waals surface area contributed by atoms with Crippen LogP contribution in [0.2, 0.25) is 0 Å². The van der Waals surface area contributed by atoms with Gasteiger partial charge in [-0.15, -0.1) is 29.1 Å². The van der Waals surface area contributed by atoms with Crippen LogP contribution < -0.4 is 0 Å². The molecule has 3 aromatic carbocycles. The summed E-state index contributed by atoms with van der Waals surface area (Å²) in [4.78, 5) is 17.0. The van der Waals surface area contributed by atoms with Crippen molar-refractivity contribution in [2.24, 2.45) is 10.8 Å². The van der Waals surface area contributed by atoms with E-state index >= 15 is 0 Å². The molecule has 0 unspecified atom stereocenters. The molecule has 1 radical (unpaired) electrons. The summed E-state index contributed by atoms with van der Waals surface area (Å²) in [5, 5.41) is 14.6. The van der Waals surface area contributed by atoms with Gasteiger partial charge in [-0.3, -0.25) is 9.78 Å². The average Bonchev–Trinajstić information content (AvgIpc) is 3.69. The summed E-state index contributed by atoms with van der Waals surface area (Å²) in [6.07, 6.45) is 8.38. The normalized spacial score (nSPS) is 12.6. The van der Waals surface area contributed by atoms with Crippen LogP contribution in [0.1, 0.15) is 105 Å². The van der Waals surface area contributed by atoms with Crippen LogP contribution in [-0.2, 0) is 30.3 Å². The molecule has 0 saturated heterocycles. The number of allylic oxidation sites excluding steroid dienone is 2. The van der Waals surface area contributed by atoms with E-state index in [2.05, 4.69) is 77.1 Å². The number of nitrogens with zero attached hydrogens (tertiary/aromatic N) is 1. The van der Waals surface area contributed by atoms with E-state index in [0.717, 1.165) is 86.7 Å². The predicted molar refractivity (Wildman–Crippen MR) is 212 cm³/mol. The standard InChI is InChI=1S/C31H26NO2.C15H28O2.Ir/c1-18-17-33-25-12-8-11-23(27(18)25)30-19(2)28-26(34-30)13-14-32-29(28)21-15-20-9-6-7-10-22(20)24(16-21)31(3,4)5;1-7-14(5,8-2)12(16)11-13(17)15(6,9-3)10-4;/h6-14,16-17H,1-5H3;11,16H,7-10H2,1-6H3;/q-1;;/b;12-11-;. The van der Waals surface area contributed by atoms with Crippen LogP contribution in [0.4, 0.5) is 0 Å². The summed E-state index contributed by atoms with van der Waals surface area (Å²) >= 11 is 0. The first-order valence-electron chi connectivity index (χ1n) is 18.4. The van der Waals surface area contributed by atoms with Crippen molar-refractivity contribution >= 4 is 38.5 Å². The number of aliphatic hydroxyl groups is 1. The summed E-state index contributed by atoms with van der Waals surface area (Å²) < 4.78 is 12.2. The van der Waals surface area contributed by atoms with Crippen molar-refractivity contribution in [3.05, 3.63) is 102 Å². The summed E-state index contributed by atoms with van der Waals surface area (Å²) in [5.41, 5.74) is 7.47. The van der Waals surface area contributed by atoms with Crippen LogP contribution in [0.25, 0.3) is 55.3 Å². The molecule has 3 heterocycles. The SMILES string of the molecule is CCC(C)(CC)C(=O)/C=C(\O)C(C)(CC)CC.Cc1coc2cccc(-c3oc4ccnc(-c5[c-]c6ccccc6c(C(C)(C)C)c5)c4c3C)c12.[Ir]. The van der Waals surface area contributed by atoms with Gasteiger partial charge in [0.25, 0.3) is 0 Å². The number of fused-ring (bicyclic) bond motifs is 3. The number of benzene rings is 3. The van der Waals surface area contributed by atoms with Crippen molar-refractivity contribution in [1.29, 1.82) is 0 Å². The van der Waals surface area contributed by atoms with Crippen molar-refractivity contribution in [2.75, 3.05) is 0 Å². The molecule has 0 aliphatic carbocycles. The molecule has 0 fully saturated rings. The topological polar surface area (TPSA) is 76.5 Å². The summed E-state index contributed by atoms with van der Waals surface area (Å²) in [5.74, 6) is 1.14. The van der Waals surface area contributed by atoms with Crippen molar-refractivity contribution < 1.29 is 38.8 Å². The van der Waals surface area contributed by atoms with Crippen LogP contribution >= 0.6 is 0 Å². The Morgan fingerprint density at radius 1 is 0.846 bits per heavy atom. The molecular weight excluding hydrogens is 823 g/mol. The Kier molecular flexibility index (Phi) is 12.5. The first kappa shape index (κ1) is 40.8. The molecule has 0 aliphatic heterocycles. The average molecular weight is 877 g/mol. The number of pyridine rings is 1. The third kappa shape index (κ3) is 7.70. The monoisotopic (exact) mass is 877 g/mol. The van der Waals surface area contributed by atoms with Gasteiger partial charge in [-0.25, -0.2) is 0 Å². The van der Waals surface area contributed by atoms with Crippen LogP contribution in [0, 0.1) is 30.7 Å². The Morgan fingerprint density at radius 2 is 1.50 bits per heavy atom. The first-order valence-corrected chi connectivity index (χ1v) is 18.4. The maximum atomic E-state index is 12.2. The van der Waals surface area contributed by atoms with Crippen LogP contribution in [0.5, 0.6) is 0 Å². The maximum Gasteiger partial charge on any atom is 0.164 e. The zero-order valence-electron chi connectivity index (χ0n) is 32.7. The minimum atomic E-state index is -0.337. The van der Waals surface area contributed by atoms with E-state index in [0.29, 0.717) is 0 Å². The Labute approximate surface area is 323 Å². The van der Waals surface area contributed by atoms with Crippen LogP contribution in [0.15, 0.2) is 87.7 Å². The van der Waals surface area contributed by atoms with Gasteiger partial charge in [0.05, 0.1) is 6.26 Å². The minimum absolute atomic E-state index is 0. The molecule has 0 atom stereocenters. The number of aryl methyl sites for hydroxylation is 2. The molecule has 3 aromatic heterocycles. The van der Waals surface area contributed by atoms with E-state index < -0.39 is 0 Å². The van der Waals surface area contributed by atoms with E-state index in [9.17, 15) is 9.90 Å². The molecule has 0 amide bonds. The molecule has 6 aromatic rings. The minimum Gasteiger partial charge on any atom is -0.512 e. The molecule has 0 aliphatic rings. The van der Waals surface area contributed by atoms with E-state index in [4.69, 9.17) is 13.8 Å². The third-order valence-electron chi connectivity index (χ3n) is 11.3. The van der Waals surface area contributed by atoms with E-state index in [-0.39, 0.29) is 47.9 Å². The maximum absolute atomic E-state index is 12.2. The molecule has 5 nitrogen and oxygen atoms in total. The number of furan rings is 2. The van der Waals surface area contributed by atoms with E-state index in [1.165, 1.54) is 17.0 Å². The van der Waals surface area contributed by atoms with Gasteiger partial charge >= 0.3 is 0 Å². The number of ketones is 1. The number of rotatable bonds is 9. The van der Waals surface area contributed by atoms with Crippen LogP contribution in [0.3, 0.4) is 0 Å². The van der Waals surface area contributed by atoms with Crippen molar-refractivity contribution in [2.45, 2.75) is 107 Å². The fraction of sp³-hybridized carbons (Fsp3) is 0.391. The Bertz CT molecular complexity index is 2220. The van der Waals surface area contributed by atoms with Gasteiger partial charge in [0.1, 0.15) is 22.7 Å². The van der Waals surface area contributed by atoms with Crippen molar-refractivity contribution in [1.82, 2.24) is 4.98 Å². The largest absolute Gasteiger partial charge is 0.512 e. The number of carbonyl (C=O) groups is 1. The molecule has 6 heteroatoms. The second-order valence-corrected chi connectivity index (χ2v) is 15.5. The molecule has 52 heavy (non-hydrogen) atoms. The van der Waals surface area contributed by atoms with Gasteiger partial charge in [0, 0.05) is 65.2 Å². The van der Waals surface area contributed by atoms with E-state index in [1.807, 2.05) is 65.9 Å². The number of hydrogen-bond donors (Lipinski definition) is 1. The number of aromatic nitrogens is 1. The Hall–Kier alpha value is -3.99. The third-order valence-corrected chi connectivity index (χ3v) is 11.3. The molecule has 0 bridgehead atoms.